The number of aromatic amines is 2. The van der Waals surface area contributed by atoms with Crippen LogP contribution in [0.25, 0.3) is 11.2 Å². The van der Waals surface area contributed by atoms with Crippen molar-refractivity contribution >= 4 is 29.1 Å². The molecule has 0 spiro atoms. The predicted molar refractivity (Wildman–Crippen MR) is 153 cm³/mol. The topological polar surface area (TPSA) is 172 Å². The fourth-order valence-corrected chi connectivity index (χ4v) is 4.83. The lowest BCUT2D eigenvalue weighted by Crippen LogP contribution is -2.41. The molecule has 1 aliphatic heterocycles. The molecule has 0 amide bonds. The number of hydrogen-bond donors (Lipinski definition) is 2. The number of fused-ring (bicyclic) bond motifs is 1. The molecular weight excluding hydrogens is 572 g/mol. The molecule has 3 heterocycles. The van der Waals surface area contributed by atoms with Gasteiger partial charge in [-0.25, -0.2) is 24.2 Å². The Hall–Kier alpha value is -5.82. The van der Waals surface area contributed by atoms with Crippen molar-refractivity contribution in [2.45, 2.75) is 24.5 Å². The maximum absolute atomic E-state index is 13.3. The van der Waals surface area contributed by atoms with Crippen LogP contribution in [0.5, 0.6) is 0 Å². The van der Waals surface area contributed by atoms with E-state index in [0.29, 0.717) is 0 Å². The summed E-state index contributed by atoms with van der Waals surface area (Å²) in [7, 11) is 0. The molecule has 13 nitrogen and oxygen atoms in total. The van der Waals surface area contributed by atoms with Crippen molar-refractivity contribution in [3.63, 3.8) is 0 Å². The van der Waals surface area contributed by atoms with Crippen molar-refractivity contribution in [1.29, 1.82) is 0 Å². The maximum atomic E-state index is 13.3. The Balaban J connectivity index is 1.39. The van der Waals surface area contributed by atoms with E-state index in [4.69, 9.17) is 18.9 Å². The predicted octanol–water partition coefficient (Wildman–Crippen LogP) is 2.62. The summed E-state index contributed by atoms with van der Waals surface area (Å²) in [6.45, 7) is -0.403. The second-order valence-electron chi connectivity index (χ2n) is 9.76. The summed E-state index contributed by atoms with van der Waals surface area (Å²) in [6, 6.07) is 24.5. The number of aromatic nitrogens is 4. The molecule has 0 bridgehead atoms. The van der Waals surface area contributed by atoms with Crippen molar-refractivity contribution in [3.05, 3.63) is 135 Å². The van der Waals surface area contributed by atoms with Crippen LogP contribution in [0.4, 0.5) is 0 Å². The Labute approximate surface area is 248 Å². The molecule has 3 aromatic carbocycles. The summed E-state index contributed by atoms with van der Waals surface area (Å²) in [5, 5.41) is 0. The van der Waals surface area contributed by atoms with Crippen molar-refractivity contribution < 1.29 is 33.3 Å². The van der Waals surface area contributed by atoms with Crippen LogP contribution in [-0.4, -0.2) is 62.3 Å². The summed E-state index contributed by atoms with van der Waals surface area (Å²) in [5.74, 6) is -2.17. The Bertz CT molecular complexity index is 1920. The molecule has 0 unspecified atom stereocenters. The van der Waals surface area contributed by atoms with Crippen LogP contribution in [0, 0.1) is 0 Å². The van der Waals surface area contributed by atoms with Gasteiger partial charge in [0.2, 0.25) is 0 Å². The number of carbonyl (C=O) groups is 3. The molecule has 222 valence electrons. The SMILES string of the molecule is O=C(OC[C@H]1O[C@@H](n2cnc3c(=O)[nH]c(=O)[nH]c32)[C@H](OC(=O)c2ccccc2)[C@@H]1OC(=O)c1ccccc1)c1ccccc1. The molecule has 1 saturated heterocycles. The van der Waals surface area contributed by atoms with Gasteiger partial charge in [-0.3, -0.25) is 19.3 Å². The van der Waals surface area contributed by atoms with E-state index in [9.17, 15) is 24.0 Å². The van der Waals surface area contributed by atoms with E-state index >= 15 is 0 Å². The quantitative estimate of drug-likeness (QED) is 0.200. The highest BCUT2D eigenvalue weighted by Crippen LogP contribution is 2.36. The third-order valence-corrected chi connectivity index (χ3v) is 6.92. The lowest BCUT2D eigenvalue weighted by molar-refractivity contribution is -0.0606. The zero-order valence-corrected chi connectivity index (χ0v) is 22.8. The number of carbonyl (C=O) groups excluding carboxylic acids is 3. The molecule has 0 radical (unpaired) electrons. The van der Waals surface area contributed by atoms with Crippen LogP contribution < -0.4 is 11.2 Å². The van der Waals surface area contributed by atoms with E-state index in [-0.39, 0.29) is 27.9 Å². The van der Waals surface area contributed by atoms with Gasteiger partial charge in [-0.15, -0.1) is 0 Å². The minimum atomic E-state index is -1.35. The second-order valence-corrected chi connectivity index (χ2v) is 9.76. The van der Waals surface area contributed by atoms with Gasteiger partial charge in [0.1, 0.15) is 18.4 Å². The van der Waals surface area contributed by atoms with E-state index in [1.807, 2.05) is 0 Å². The highest BCUT2D eigenvalue weighted by atomic mass is 16.7. The molecule has 13 heteroatoms. The minimum Gasteiger partial charge on any atom is -0.459 e. The van der Waals surface area contributed by atoms with Crippen LogP contribution in [0.3, 0.4) is 0 Å². The summed E-state index contributed by atoms with van der Waals surface area (Å²) in [4.78, 5) is 72.6. The molecule has 2 aromatic heterocycles. The van der Waals surface area contributed by atoms with Crippen molar-refractivity contribution in [2.24, 2.45) is 0 Å². The number of esters is 3. The zero-order valence-electron chi connectivity index (χ0n) is 22.8. The molecule has 4 atom stereocenters. The number of benzene rings is 3. The fraction of sp³-hybridized carbons (Fsp3) is 0.161. The monoisotopic (exact) mass is 596 g/mol. The van der Waals surface area contributed by atoms with Gasteiger partial charge < -0.3 is 18.9 Å². The standard InChI is InChI=1S/C31H24N4O9/c36-26-22-25(33-31(40)34-26)35(17-32-22)27-24(44-30(39)20-14-8-3-9-15-20)23(43-29(38)19-12-6-2-7-13-19)21(42-27)16-41-28(37)18-10-4-1-5-11-18/h1-15,17,21,23-24,27H,16H2,(H2,33,34,36,40)/t21-,23-,24-,27-/m1/s1. The average Bonchev–Trinajstić information content (AvgIpc) is 3.62. The van der Waals surface area contributed by atoms with E-state index in [0.717, 1.165) is 0 Å². The molecule has 5 aromatic rings. The summed E-state index contributed by atoms with van der Waals surface area (Å²) in [5.41, 5.74) is -0.993. The molecular formula is C31H24N4O9. The highest BCUT2D eigenvalue weighted by molar-refractivity contribution is 5.91. The van der Waals surface area contributed by atoms with E-state index in [1.165, 1.54) is 10.9 Å². The smallest absolute Gasteiger partial charge is 0.338 e. The van der Waals surface area contributed by atoms with Crippen molar-refractivity contribution in [3.8, 4) is 0 Å². The second kappa shape index (κ2) is 12.2. The molecule has 44 heavy (non-hydrogen) atoms. The Morgan fingerprint density at radius 2 is 1.25 bits per heavy atom. The first-order valence-corrected chi connectivity index (χ1v) is 13.5. The fourth-order valence-electron chi connectivity index (χ4n) is 4.83. The number of hydrogen-bond acceptors (Lipinski definition) is 10. The number of H-pyrrole nitrogens is 2. The first-order valence-electron chi connectivity index (χ1n) is 13.5. The first-order chi connectivity index (χ1) is 21.4. The summed E-state index contributed by atoms with van der Waals surface area (Å²) >= 11 is 0. The van der Waals surface area contributed by atoms with E-state index < -0.39 is 60.3 Å². The van der Waals surface area contributed by atoms with Gasteiger partial charge in [-0.1, -0.05) is 54.6 Å². The van der Waals surface area contributed by atoms with Crippen molar-refractivity contribution in [1.82, 2.24) is 19.5 Å². The zero-order chi connectivity index (χ0) is 30.6. The number of ether oxygens (including phenoxy) is 4. The Morgan fingerprint density at radius 3 is 1.82 bits per heavy atom. The third kappa shape index (κ3) is 5.76. The van der Waals surface area contributed by atoms with Gasteiger partial charge >= 0.3 is 23.6 Å². The summed E-state index contributed by atoms with van der Waals surface area (Å²) < 4.78 is 24.8. The molecule has 2 N–H and O–H groups in total. The first kappa shape index (κ1) is 28.3. The molecule has 1 fully saturated rings. The normalized spacial score (nSPS) is 19.4. The van der Waals surface area contributed by atoms with Crippen LogP contribution in [-0.2, 0) is 18.9 Å². The Morgan fingerprint density at radius 1 is 0.727 bits per heavy atom. The summed E-state index contributed by atoms with van der Waals surface area (Å²) in [6.07, 6.45) is -3.87. The van der Waals surface area contributed by atoms with Gasteiger partial charge in [0, 0.05) is 0 Å². The Kier molecular flexibility index (Phi) is 7.84. The van der Waals surface area contributed by atoms with Crippen molar-refractivity contribution in [2.75, 3.05) is 6.61 Å². The lowest BCUT2D eigenvalue weighted by atomic mass is 10.1. The maximum Gasteiger partial charge on any atom is 0.338 e. The van der Waals surface area contributed by atoms with Gasteiger partial charge in [0.25, 0.3) is 5.56 Å². The number of rotatable bonds is 8. The third-order valence-electron chi connectivity index (χ3n) is 6.92. The largest absolute Gasteiger partial charge is 0.459 e. The van der Waals surface area contributed by atoms with Gasteiger partial charge in [-0.05, 0) is 36.4 Å². The molecule has 0 aliphatic carbocycles. The van der Waals surface area contributed by atoms with Gasteiger partial charge in [0.05, 0.1) is 23.0 Å². The molecule has 0 saturated carbocycles. The lowest BCUT2D eigenvalue weighted by Gasteiger charge is -2.25. The van der Waals surface area contributed by atoms with E-state index in [1.54, 1.807) is 91.0 Å². The minimum absolute atomic E-state index is 0.0282. The van der Waals surface area contributed by atoms with E-state index in [2.05, 4.69) is 15.0 Å². The average molecular weight is 597 g/mol. The number of nitrogens with one attached hydrogen (secondary N) is 2. The van der Waals surface area contributed by atoms with Crippen LogP contribution >= 0.6 is 0 Å². The van der Waals surface area contributed by atoms with Crippen LogP contribution in [0.15, 0.2) is 107 Å². The number of imidazole rings is 1. The van der Waals surface area contributed by atoms with Gasteiger partial charge in [-0.2, -0.15) is 0 Å². The van der Waals surface area contributed by atoms with Gasteiger partial charge in [0.15, 0.2) is 24.0 Å². The van der Waals surface area contributed by atoms with Crippen LogP contribution in [0.1, 0.15) is 37.3 Å². The molecule has 1 aliphatic rings. The van der Waals surface area contributed by atoms with Crippen LogP contribution in [0.2, 0.25) is 0 Å². The molecule has 6 rings (SSSR count). The highest BCUT2D eigenvalue weighted by Gasteiger charge is 2.51. The number of nitrogens with zero attached hydrogens (tertiary/aromatic N) is 2.